The zero-order valence-corrected chi connectivity index (χ0v) is 16.2. The summed E-state index contributed by atoms with van der Waals surface area (Å²) in [7, 11) is 0. The maximum Gasteiger partial charge on any atom is 0.231 e. The van der Waals surface area contributed by atoms with Crippen LogP contribution in [0.15, 0.2) is 28.0 Å². The lowest BCUT2D eigenvalue weighted by molar-refractivity contribution is -0.120. The summed E-state index contributed by atoms with van der Waals surface area (Å²) in [5.74, 6) is 0.406. The van der Waals surface area contributed by atoms with E-state index in [1.807, 2.05) is 0 Å². The number of thioether (sulfide) groups is 1. The van der Waals surface area contributed by atoms with Crippen LogP contribution in [0.5, 0.6) is 0 Å². The molecule has 148 valence electrons. The van der Waals surface area contributed by atoms with Gasteiger partial charge in [0, 0.05) is 13.0 Å². The fourth-order valence-corrected chi connectivity index (χ4v) is 4.02. The first-order chi connectivity index (χ1) is 13.5. The number of amides is 2. The number of nitrogens with zero attached hydrogens (tertiary/aromatic N) is 4. The second kappa shape index (κ2) is 8.93. The zero-order valence-electron chi connectivity index (χ0n) is 15.4. The SMILES string of the molecule is N#CC1(NC(=O)CSc2nnc(-c3ccco3)n2CCC(N)=O)CCCCC1. The van der Waals surface area contributed by atoms with Gasteiger partial charge in [-0.1, -0.05) is 31.0 Å². The van der Waals surface area contributed by atoms with Crippen molar-refractivity contribution in [3.8, 4) is 17.7 Å². The average Bonchev–Trinajstić information content (AvgIpc) is 3.34. The predicted octanol–water partition coefficient (Wildman–Crippen LogP) is 1.85. The third-order valence-corrected chi connectivity index (χ3v) is 5.64. The lowest BCUT2D eigenvalue weighted by Crippen LogP contribution is -2.49. The monoisotopic (exact) mass is 402 g/mol. The molecule has 2 aromatic heterocycles. The van der Waals surface area contributed by atoms with E-state index in [4.69, 9.17) is 10.2 Å². The van der Waals surface area contributed by atoms with Crippen LogP contribution in [0, 0.1) is 11.3 Å². The molecule has 9 nitrogen and oxygen atoms in total. The molecule has 0 spiro atoms. The molecule has 10 heteroatoms. The Labute approximate surface area is 166 Å². The molecule has 3 rings (SSSR count). The van der Waals surface area contributed by atoms with E-state index in [1.54, 1.807) is 16.7 Å². The number of hydrogen-bond acceptors (Lipinski definition) is 7. The minimum Gasteiger partial charge on any atom is -0.461 e. The van der Waals surface area contributed by atoms with Gasteiger partial charge in [-0.15, -0.1) is 10.2 Å². The highest BCUT2D eigenvalue weighted by Crippen LogP contribution is 2.28. The van der Waals surface area contributed by atoms with E-state index < -0.39 is 11.4 Å². The van der Waals surface area contributed by atoms with Crippen molar-refractivity contribution in [1.29, 1.82) is 5.26 Å². The first-order valence-electron chi connectivity index (χ1n) is 9.13. The van der Waals surface area contributed by atoms with Gasteiger partial charge in [-0.05, 0) is 25.0 Å². The summed E-state index contributed by atoms with van der Waals surface area (Å²) in [6.07, 6.45) is 5.96. The Bertz CT molecular complexity index is 865. The van der Waals surface area contributed by atoms with Crippen LogP contribution in [0.2, 0.25) is 0 Å². The van der Waals surface area contributed by atoms with Gasteiger partial charge < -0.3 is 15.5 Å². The van der Waals surface area contributed by atoms with Crippen molar-refractivity contribution in [2.75, 3.05) is 5.75 Å². The van der Waals surface area contributed by atoms with Gasteiger partial charge in [0.15, 0.2) is 16.7 Å². The maximum absolute atomic E-state index is 12.4. The van der Waals surface area contributed by atoms with Crippen molar-refractivity contribution in [2.24, 2.45) is 5.73 Å². The molecule has 1 aliphatic rings. The molecule has 0 bridgehead atoms. The first kappa shape index (κ1) is 19.9. The van der Waals surface area contributed by atoms with Crippen LogP contribution in [0.4, 0.5) is 0 Å². The highest BCUT2D eigenvalue weighted by molar-refractivity contribution is 7.99. The second-order valence-electron chi connectivity index (χ2n) is 6.74. The fraction of sp³-hybridized carbons (Fsp3) is 0.500. The summed E-state index contributed by atoms with van der Waals surface area (Å²) in [5, 5.41) is 21.1. The molecule has 28 heavy (non-hydrogen) atoms. The van der Waals surface area contributed by atoms with Crippen LogP contribution in [0.25, 0.3) is 11.6 Å². The van der Waals surface area contributed by atoms with Crippen molar-refractivity contribution < 1.29 is 14.0 Å². The van der Waals surface area contributed by atoms with Crippen LogP contribution < -0.4 is 11.1 Å². The highest BCUT2D eigenvalue weighted by atomic mass is 32.2. The van der Waals surface area contributed by atoms with Crippen molar-refractivity contribution in [3.63, 3.8) is 0 Å². The van der Waals surface area contributed by atoms with Crippen LogP contribution in [0.1, 0.15) is 38.5 Å². The first-order valence-corrected chi connectivity index (χ1v) is 10.1. The second-order valence-corrected chi connectivity index (χ2v) is 7.69. The molecule has 1 aliphatic carbocycles. The smallest absolute Gasteiger partial charge is 0.231 e. The van der Waals surface area contributed by atoms with Gasteiger partial charge in [-0.25, -0.2) is 0 Å². The van der Waals surface area contributed by atoms with Gasteiger partial charge in [0.2, 0.25) is 11.8 Å². The standard InChI is InChI=1S/C18H22N6O3S/c19-12-18(7-2-1-3-8-18)21-15(26)11-28-17-23-22-16(13-5-4-10-27-13)24(17)9-6-14(20)25/h4-5,10H,1-3,6-9,11H2,(H2,20,25)(H,21,26). The number of primary amides is 1. The largest absolute Gasteiger partial charge is 0.461 e. The van der Waals surface area contributed by atoms with Crippen molar-refractivity contribution in [2.45, 2.75) is 55.8 Å². The molecule has 3 N–H and O–H groups in total. The van der Waals surface area contributed by atoms with Crippen molar-refractivity contribution >= 4 is 23.6 Å². The lowest BCUT2D eigenvalue weighted by atomic mass is 9.83. The third kappa shape index (κ3) is 4.72. The summed E-state index contributed by atoms with van der Waals surface area (Å²) < 4.78 is 7.08. The Morgan fingerprint density at radius 3 is 2.79 bits per heavy atom. The molecule has 0 aromatic carbocycles. The van der Waals surface area contributed by atoms with Crippen LogP contribution in [-0.2, 0) is 16.1 Å². The average molecular weight is 402 g/mol. The minimum absolute atomic E-state index is 0.0935. The van der Waals surface area contributed by atoms with E-state index in [0.29, 0.717) is 29.6 Å². The number of carbonyl (C=O) groups is 2. The molecule has 0 atom stereocenters. The van der Waals surface area contributed by atoms with E-state index in [1.165, 1.54) is 18.0 Å². The quantitative estimate of drug-likeness (QED) is 0.642. The molecular weight excluding hydrogens is 380 g/mol. The number of nitriles is 1. The molecule has 2 aromatic rings. The Balaban J connectivity index is 1.68. The highest BCUT2D eigenvalue weighted by Gasteiger charge is 2.33. The number of rotatable bonds is 8. The van der Waals surface area contributed by atoms with Gasteiger partial charge in [-0.3, -0.25) is 14.2 Å². The molecule has 0 unspecified atom stereocenters. The number of carbonyl (C=O) groups excluding carboxylic acids is 2. The summed E-state index contributed by atoms with van der Waals surface area (Å²) in [6, 6.07) is 5.75. The molecule has 0 saturated heterocycles. The van der Waals surface area contributed by atoms with E-state index in [9.17, 15) is 14.9 Å². The van der Waals surface area contributed by atoms with Gasteiger partial charge in [0.25, 0.3) is 0 Å². The predicted molar refractivity (Wildman–Crippen MR) is 102 cm³/mol. The van der Waals surface area contributed by atoms with Crippen molar-refractivity contribution in [1.82, 2.24) is 20.1 Å². The van der Waals surface area contributed by atoms with E-state index in [0.717, 1.165) is 19.3 Å². The molecule has 0 radical (unpaired) electrons. The Morgan fingerprint density at radius 1 is 1.36 bits per heavy atom. The summed E-state index contributed by atoms with van der Waals surface area (Å²) >= 11 is 1.20. The topological polar surface area (TPSA) is 140 Å². The summed E-state index contributed by atoms with van der Waals surface area (Å²) in [4.78, 5) is 23.6. The lowest BCUT2D eigenvalue weighted by Gasteiger charge is -2.31. The Kier molecular flexibility index (Phi) is 6.36. The van der Waals surface area contributed by atoms with Crippen molar-refractivity contribution in [3.05, 3.63) is 18.4 Å². The molecule has 0 aliphatic heterocycles. The maximum atomic E-state index is 12.4. The number of nitrogens with one attached hydrogen (secondary N) is 1. The normalized spacial score (nSPS) is 15.7. The summed E-state index contributed by atoms with van der Waals surface area (Å²) in [6.45, 7) is 0.282. The fourth-order valence-electron chi connectivity index (χ4n) is 3.26. The van der Waals surface area contributed by atoms with E-state index in [2.05, 4.69) is 21.6 Å². The number of furan rings is 1. The molecular formula is C18H22N6O3S. The number of hydrogen-bond donors (Lipinski definition) is 2. The van der Waals surface area contributed by atoms with Gasteiger partial charge in [0.1, 0.15) is 5.54 Å². The Hall–Kier alpha value is -2.80. The number of aromatic nitrogens is 3. The minimum atomic E-state index is -0.769. The third-order valence-electron chi connectivity index (χ3n) is 4.67. The van der Waals surface area contributed by atoms with E-state index in [-0.39, 0.29) is 24.6 Å². The van der Waals surface area contributed by atoms with Crippen LogP contribution in [-0.4, -0.2) is 37.9 Å². The van der Waals surface area contributed by atoms with Gasteiger partial charge in [0.05, 0.1) is 18.1 Å². The molecule has 2 heterocycles. The van der Waals surface area contributed by atoms with E-state index >= 15 is 0 Å². The van der Waals surface area contributed by atoms with Crippen LogP contribution >= 0.6 is 11.8 Å². The Morgan fingerprint density at radius 2 is 2.14 bits per heavy atom. The molecule has 2 amide bonds. The van der Waals surface area contributed by atoms with Gasteiger partial charge in [-0.2, -0.15) is 5.26 Å². The number of nitrogens with two attached hydrogens (primary N) is 1. The summed E-state index contributed by atoms with van der Waals surface area (Å²) in [5.41, 5.74) is 4.50. The van der Waals surface area contributed by atoms with Gasteiger partial charge >= 0.3 is 0 Å². The van der Waals surface area contributed by atoms with Crippen LogP contribution in [0.3, 0.4) is 0 Å². The molecule has 1 fully saturated rings. The molecule has 1 saturated carbocycles. The zero-order chi connectivity index (χ0) is 20.0.